The summed E-state index contributed by atoms with van der Waals surface area (Å²) in [6.45, 7) is 1.87. The summed E-state index contributed by atoms with van der Waals surface area (Å²) in [7, 11) is 0. The first kappa shape index (κ1) is 12.9. The molecule has 1 aliphatic carbocycles. The van der Waals surface area contributed by atoms with Gasteiger partial charge in [-0.15, -0.1) is 0 Å². The minimum Gasteiger partial charge on any atom is -0.457 e. The molecule has 0 amide bonds. The molecule has 0 spiro atoms. The third-order valence-electron chi connectivity index (χ3n) is 2.97. The van der Waals surface area contributed by atoms with Crippen LogP contribution in [0.3, 0.4) is 0 Å². The minimum atomic E-state index is -1.01. The Morgan fingerprint density at radius 2 is 2.12 bits per heavy atom. The van der Waals surface area contributed by atoms with Gasteiger partial charge >= 0.3 is 11.7 Å². The van der Waals surface area contributed by atoms with Crippen molar-refractivity contribution >= 4 is 11.7 Å². The van der Waals surface area contributed by atoms with E-state index in [1.54, 1.807) is 6.92 Å². The van der Waals surface area contributed by atoms with Crippen molar-refractivity contribution < 1.29 is 19.4 Å². The number of hydrogen-bond acceptors (Lipinski definition) is 3. The Morgan fingerprint density at radius 1 is 1.50 bits per heavy atom. The number of esters is 1. The van der Waals surface area contributed by atoms with Crippen LogP contribution >= 0.6 is 0 Å². The molecular formula is C11H18N2O3. The molecule has 1 atom stereocenters. The summed E-state index contributed by atoms with van der Waals surface area (Å²) in [5.41, 5.74) is 8.48. The van der Waals surface area contributed by atoms with E-state index in [1.165, 1.54) is 0 Å². The number of carbonyl (C=O) groups excluding carboxylic acids is 1. The summed E-state index contributed by atoms with van der Waals surface area (Å²) >= 11 is 0. The third kappa shape index (κ3) is 3.15. The fraction of sp³-hybridized carbons (Fsp3) is 0.818. The predicted octanol–water partition coefficient (Wildman–Crippen LogP) is 1.16. The van der Waals surface area contributed by atoms with E-state index in [0.29, 0.717) is 0 Å². The normalized spacial score (nSPS) is 18.6. The molecule has 0 aromatic heterocycles. The summed E-state index contributed by atoms with van der Waals surface area (Å²) in [6, 6.07) is 0. The quantitative estimate of drug-likeness (QED) is 0.338. The molecule has 1 N–H and O–H groups in total. The number of aliphatic hydroxyl groups excluding tert-OH is 1. The van der Waals surface area contributed by atoms with E-state index >= 15 is 0 Å². The molecule has 0 bridgehead atoms. The standard InChI is InChI=1S/C11H18N2O3/c1-2-16-11(15)9(13-12)10(14)8-6-4-3-5-7-8/h8,10,14H,2-7H2,1H3. The summed E-state index contributed by atoms with van der Waals surface area (Å²) in [5.74, 6) is -0.730. The van der Waals surface area contributed by atoms with Gasteiger partial charge in [-0.3, -0.25) is 0 Å². The van der Waals surface area contributed by atoms with E-state index in [1.807, 2.05) is 0 Å². The summed E-state index contributed by atoms with van der Waals surface area (Å²) in [6.07, 6.45) is 3.96. The Bertz CT molecular complexity index is 292. The third-order valence-corrected chi connectivity index (χ3v) is 2.97. The molecule has 1 fully saturated rings. The molecule has 0 aromatic carbocycles. The Balaban J connectivity index is 2.65. The van der Waals surface area contributed by atoms with Gasteiger partial charge in [-0.25, -0.2) is 4.79 Å². The van der Waals surface area contributed by atoms with Crippen LogP contribution in [0.5, 0.6) is 0 Å². The topological polar surface area (TPSA) is 82.9 Å². The van der Waals surface area contributed by atoms with Crippen molar-refractivity contribution in [3.05, 3.63) is 5.53 Å². The van der Waals surface area contributed by atoms with Gasteiger partial charge in [0.2, 0.25) is 0 Å². The highest BCUT2D eigenvalue weighted by molar-refractivity contribution is 6.35. The minimum absolute atomic E-state index is 0.00376. The van der Waals surface area contributed by atoms with Crippen molar-refractivity contribution in [3.63, 3.8) is 0 Å². The van der Waals surface area contributed by atoms with E-state index in [4.69, 9.17) is 10.3 Å². The number of nitrogens with zero attached hydrogens (tertiary/aromatic N) is 2. The molecule has 1 unspecified atom stereocenters. The van der Waals surface area contributed by atoms with Gasteiger partial charge in [0.25, 0.3) is 0 Å². The lowest BCUT2D eigenvalue weighted by Gasteiger charge is -2.23. The number of ether oxygens (including phenoxy) is 1. The molecule has 5 nitrogen and oxygen atoms in total. The summed E-state index contributed by atoms with van der Waals surface area (Å²) in [5, 5.41) is 9.94. The van der Waals surface area contributed by atoms with Crippen molar-refractivity contribution in [2.24, 2.45) is 5.92 Å². The van der Waals surface area contributed by atoms with Crippen molar-refractivity contribution in [3.8, 4) is 0 Å². The first-order valence-electron chi connectivity index (χ1n) is 5.77. The van der Waals surface area contributed by atoms with Crippen LogP contribution in [0.4, 0.5) is 0 Å². The molecule has 90 valence electrons. The van der Waals surface area contributed by atoms with Gasteiger partial charge in [0.1, 0.15) is 0 Å². The van der Waals surface area contributed by atoms with Gasteiger partial charge in [0.05, 0.1) is 6.61 Å². The molecule has 0 aromatic rings. The lowest BCUT2D eigenvalue weighted by molar-refractivity contribution is -0.142. The largest absolute Gasteiger partial charge is 0.457 e. The smallest absolute Gasteiger partial charge is 0.419 e. The molecule has 5 heteroatoms. The first-order valence-corrected chi connectivity index (χ1v) is 5.77. The van der Waals surface area contributed by atoms with E-state index in [9.17, 15) is 9.90 Å². The second-order valence-electron chi connectivity index (χ2n) is 4.05. The lowest BCUT2D eigenvalue weighted by atomic mass is 9.83. The van der Waals surface area contributed by atoms with Crippen LogP contribution < -0.4 is 0 Å². The number of rotatable bonds is 4. The first-order chi connectivity index (χ1) is 7.70. The predicted molar refractivity (Wildman–Crippen MR) is 57.8 cm³/mol. The highest BCUT2D eigenvalue weighted by Gasteiger charge is 2.37. The molecule has 0 radical (unpaired) electrons. The average molecular weight is 226 g/mol. The second-order valence-corrected chi connectivity index (χ2v) is 4.05. The Kier molecular flexibility index (Phi) is 5.15. The molecular weight excluding hydrogens is 208 g/mol. The zero-order chi connectivity index (χ0) is 12.0. The van der Waals surface area contributed by atoms with Crippen molar-refractivity contribution in [1.82, 2.24) is 0 Å². The van der Waals surface area contributed by atoms with Crippen LogP contribution in [0.1, 0.15) is 39.0 Å². The number of hydrogen-bond donors (Lipinski definition) is 1. The highest BCUT2D eigenvalue weighted by atomic mass is 16.5. The van der Waals surface area contributed by atoms with Crippen molar-refractivity contribution in [2.45, 2.75) is 45.1 Å². The lowest BCUT2D eigenvalue weighted by Crippen LogP contribution is -2.37. The molecule has 0 saturated heterocycles. The van der Waals surface area contributed by atoms with Crippen LogP contribution in [-0.2, 0) is 9.53 Å². The van der Waals surface area contributed by atoms with Gasteiger partial charge in [0, 0.05) is 0 Å². The summed E-state index contributed by atoms with van der Waals surface area (Å²) < 4.78 is 4.72. The van der Waals surface area contributed by atoms with E-state index in [0.717, 1.165) is 32.1 Å². The number of carbonyl (C=O) groups is 1. The Hall–Kier alpha value is -1.19. The fourth-order valence-electron chi connectivity index (χ4n) is 2.10. The molecule has 1 saturated carbocycles. The molecule has 1 rings (SSSR count). The zero-order valence-electron chi connectivity index (χ0n) is 9.56. The average Bonchev–Trinajstić information content (AvgIpc) is 2.31. The Labute approximate surface area is 95.0 Å². The fourth-order valence-corrected chi connectivity index (χ4v) is 2.10. The van der Waals surface area contributed by atoms with E-state index < -0.39 is 12.1 Å². The van der Waals surface area contributed by atoms with Crippen LogP contribution in [0.25, 0.3) is 5.53 Å². The van der Waals surface area contributed by atoms with Gasteiger partial charge in [-0.05, 0) is 25.7 Å². The van der Waals surface area contributed by atoms with Crippen LogP contribution in [-0.4, -0.2) is 34.3 Å². The highest BCUT2D eigenvalue weighted by Crippen LogP contribution is 2.26. The van der Waals surface area contributed by atoms with E-state index in [-0.39, 0.29) is 18.2 Å². The van der Waals surface area contributed by atoms with Crippen LogP contribution in [0.2, 0.25) is 0 Å². The van der Waals surface area contributed by atoms with E-state index in [2.05, 4.69) is 4.79 Å². The van der Waals surface area contributed by atoms with Crippen molar-refractivity contribution in [2.75, 3.05) is 6.61 Å². The SMILES string of the molecule is CCOC(=O)C(=[N+]=[N-])C(O)C1CCCCC1. The maximum Gasteiger partial charge on any atom is 0.419 e. The van der Waals surface area contributed by atoms with Gasteiger partial charge in [-0.2, -0.15) is 4.79 Å². The molecule has 0 aliphatic heterocycles. The maximum atomic E-state index is 11.4. The van der Waals surface area contributed by atoms with Crippen molar-refractivity contribution in [1.29, 1.82) is 0 Å². The maximum absolute atomic E-state index is 11.4. The summed E-state index contributed by atoms with van der Waals surface area (Å²) in [4.78, 5) is 14.3. The van der Waals surface area contributed by atoms with Crippen LogP contribution in [0.15, 0.2) is 0 Å². The zero-order valence-corrected chi connectivity index (χ0v) is 9.56. The van der Waals surface area contributed by atoms with Gasteiger partial charge < -0.3 is 15.4 Å². The van der Waals surface area contributed by atoms with Crippen LogP contribution in [0, 0.1) is 5.92 Å². The number of aliphatic hydroxyl groups is 1. The van der Waals surface area contributed by atoms with Gasteiger partial charge in [-0.1, -0.05) is 19.3 Å². The Morgan fingerprint density at radius 3 is 2.62 bits per heavy atom. The monoisotopic (exact) mass is 226 g/mol. The second kappa shape index (κ2) is 6.40. The van der Waals surface area contributed by atoms with Gasteiger partial charge in [0.15, 0.2) is 6.10 Å². The molecule has 0 heterocycles. The molecule has 16 heavy (non-hydrogen) atoms. The molecule has 1 aliphatic rings.